The molecule has 0 saturated heterocycles. The fraction of sp³-hybridized carbons (Fsp3) is 0.316. The molecule has 2 fully saturated rings. The number of fused-ring (bicyclic) bond motifs is 2. The van der Waals surface area contributed by atoms with Crippen molar-refractivity contribution in [3.63, 3.8) is 0 Å². The van der Waals surface area contributed by atoms with Gasteiger partial charge in [0.05, 0.1) is 24.2 Å². The lowest BCUT2D eigenvalue weighted by Crippen LogP contribution is -2.15. The quantitative estimate of drug-likeness (QED) is 0.0891. The predicted octanol–water partition coefficient (Wildman–Crippen LogP) is 7.25. The molecule has 12 nitrogen and oxygen atoms in total. The van der Waals surface area contributed by atoms with E-state index in [1.54, 1.807) is 36.9 Å². The largest absolute Gasteiger partial charge is 0.398 e. The molecule has 2 aromatic carbocycles. The molecule has 52 heavy (non-hydrogen) atoms. The van der Waals surface area contributed by atoms with Crippen molar-refractivity contribution in [1.29, 1.82) is 0 Å². The van der Waals surface area contributed by atoms with Gasteiger partial charge in [-0.1, -0.05) is 27.7 Å². The Bertz CT molecular complexity index is 2160. The second kappa shape index (κ2) is 13.7. The third-order valence-electron chi connectivity index (χ3n) is 9.45. The van der Waals surface area contributed by atoms with Crippen LogP contribution in [0, 0.1) is 11.8 Å². The van der Waals surface area contributed by atoms with Gasteiger partial charge in [0.15, 0.2) is 0 Å². The number of anilines is 4. The number of nitrogens with one attached hydrogen (secondary N) is 4. The smallest absolute Gasteiger partial charge is 0.231 e. The van der Waals surface area contributed by atoms with Crippen LogP contribution in [-0.4, -0.2) is 54.5 Å². The number of hydrogen-bond acceptors (Lipinski definition) is 8. The molecule has 4 heterocycles. The summed E-state index contributed by atoms with van der Waals surface area (Å²) >= 11 is 0. The number of H-pyrrole nitrogens is 2. The van der Waals surface area contributed by atoms with E-state index in [0.29, 0.717) is 34.8 Å². The molecule has 0 unspecified atom stereocenters. The number of carbonyl (C=O) groups excluding carboxylic acids is 2. The number of hydrogen-bond donors (Lipinski definition) is 6. The van der Waals surface area contributed by atoms with E-state index in [-0.39, 0.29) is 24.7 Å². The van der Waals surface area contributed by atoms with Crippen molar-refractivity contribution >= 4 is 56.4 Å². The summed E-state index contributed by atoms with van der Waals surface area (Å²) in [4.78, 5) is 32.3. The summed E-state index contributed by atoms with van der Waals surface area (Å²) in [6.07, 6.45) is 5.33. The number of amides is 2. The Kier molecular flexibility index (Phi) is 9.07. The first-order valence-corrected chi connectivity index (χ1v) is 17.2. The van der Waals surface area contributed by atoms with Gasteiger partial charge in [-0.15, -0.1) is 0 Å². The molecule has 14 heteroatoms. The van der Waals surface area contributed by atoms with Gasteiger partial charge in [0.2, 0.25) is 11.8 Å². The van der Waals surface area contributed by atoms with Crippen molar-refractivity contribution in [3.05, 3.63) is 72.6 Å². The van der Waals surface area contributed by atoms with Gasteiger partial charge in [-0.05, 0) is 83.0 Å². The zero-order valence-corrected chi connectivity index (χ0v) is 29.2. The number of nitrogens with two attached hydrogens (primary N) is 2. The molecule has 2 saturated carbocycles. The number of halogens is 2. The van der Waals surface area contributed by atoms with Crippen LogP contribution in [0.25, 0.3) is 43.8 Å². The first-order chi connectivity index (χ1) is 24.9. The van der Waals surface area contributed by atoms with Crippen molar-refractivity contribution in [2.45, 2.75) is 64.7 Å². The fourth-order valence-corrected chi connectivity index (χ4v) is 6.26. The molecule has 8 N–H and O–H groups in total. The van der Waals surface area contributed by atoms with Gasteiger partial charge in [0.1, 0.15) is 24.0 Å². The zero-order chi connectivity index (χ0) is 36.8. The number of aromatic nitrogens is 6. The minimum Gasteiger partial charge on any atom is -0.398 e. The molecule has 6 aromatic rings. The molecule has 0 spiro atoms. The molecule has 4 aromatic heterocycles. The predicted molar refractivity (Wildman–Crippen MR) is 199 cm³/mol. The van der Waals surface area contributed by atoms with Gasteiger partial charge >= 0.3 is 0 Å². The third kappa shape index (κ3) is 7.00. The highest BCUT2D eigenvalue weighted by molar-refractivity contribution is 6.01. The van der Waals surface area contributed by atoms with Crippen LogP contribution in [0.1, 0.15) is 63.8 Å². The summed E-state index contributed by atoms with van der Waals surface area (Å²) in [6.45, 7) is 8.37. The average Bonchev–Trinajstić information content (AvgIpc) is 3.84. The number of rotatable bonds is 8. The molecule has 4 atom stereocenters. The molecule has 8 rings (SSSR count). The van der Waals surface area contributed by atoms with Crippen LogP contribution < -0.4 is 22.1 Å². The van der Waals surface area contributed by atoms with Gasteiger partial charge in [0.25, 0.3) is 0 Å². The Morgan fingerprint density at radius 3 is 1.40 bits per heavy atom. The second-order valence-electron chi connectivity index (χ2n) is 14.1. The maximum Gasteiger partial charge on any atom is 0.231 e. The highest BCUT2D eigenvalue weighted by Gasteiger charge is 2.44. The number of alkyl halides is 2. The average molecular weight is 707 g/mol. The lowest BCUT2D eigenvalue weighted by Gasteiger charge is -2.11. The number of nitrogen functional groups attached to an aromatic ring is 2. The number of nitrogens with zero attached hydrogens (tertiary/aromatic N) is 4. The van der Waals surface area contributed by atoms with E-state index in [0.717, 1.165) is 55.2 Å². The first-order valence-electron chi connectivity index (χ1n) is 17.2. The van der Waals surface area contributed by atoms with E-state index in [1.165, 1.54) is 0 Å². The van der Waals surface area contributed by atoms with Crippen LogP contribution in [0.3, 0.4) is 0 Å². The summed E-state index contributed by atoms with van der Waals surface area (Å²) in [5.41, 5.74) is 19.6. The van der Waals surface area contributed by atoms with Crippen LogP contribution in [-0.2, 0) is 9.59 Å². The molecule has 0 aliphatic heterocycles. The van der Waals surface area contributed by atoms with E-state index in [2.05, 4.69) is 68.7 Å². The minimum absolute atomic E-state index is 0.287. The lowest BCUT2D eigenvalue weighted by molar-refractivity contribution is -0.118. The van der Waals surface area contributed by atoms with Crippen LogP contribution in [0.4, 0.5) is 31.8 Å². The number of benzene rings is 2. The van der Waals surface area contributed by atoms with Crippen LogP contribution in [0.2, 0.25) is 0 Å². The SMILES string of the molecule is CC(C)c1[nH]ncc1-c1cc(N)c2cnc(NC(=O)[C@@H]3C[C@@H]3F)cc2c1.CC(C)c1[nH]ncc1-c1cc(N)c2cnc(NC(=O)[C@H]3C[C@H]3F)cc2c1. The molecule has 2 amide bonds. The Labute approximate surface area is 298 Å². The van der Waals surface area contributed by atoms with E-state index in [9.17, 15) is 18.4 Å². The first kappa shape index (κ1) is 34.5. The minimum atomic E-state index is -1.03. The van der Waals surface area contributed by atoms with E-state index >= 15 is 0 Å². The van der Waals surface area contributed by atoms with Gasteiger partial charge < -0.3 is 22.1 Å². The van der Waals surface area contributed by atoms with Crippen molar-refractivity contribution in [1.82, 2.24) is 30.4 Å². The molecular formula is C38H40F2N10O2. The molecule has 268 valence electrons. The van der Waals surface area contributed by atoms with Crippen LogP contribution in [0.15, 0.2) is 61.2 Å². The summed E-state index contributed by atoms with van der Waals surface area (Å²) in [5.74, 6) is -0.376. The van der Waals surface area contributed by atoms with E-state index < -0.39 is 24.2 Å². The highest BCUT2D eigenvalue weighted by Crippen LogP contribution is 2.38. The van der Waals surface area contributed by atoms with Crippen molar-refractivity contribution < 1.29 is 18.4 Å². The molecule has 0 bridgehead atoms. The number of carbonyl (C=O) groups is 2. The summed E-state index contributed by atoms with van der Waals surface area (Å²) in [7, 11) is 0. The van der Waals surface area contributed by atoms with Gasteiger partial charge in [-0.25, -0.2) is 18.7 Å². The van der Waals surface area contributed by atoms with Gasteiger partial charge in [-0.3, -0.25) is 19.8 Å². The standard InChI is InChI=1S/2C19H20FN5O/c2*1-9(2)18-14(8-23-25-18)10-3-11-5-17(22-7-13(11)16(21)4-10)24-19(26)12-6-15(12)20/h2*3-5,7-9,12,15H,6,21H2,1-2H3,(H,23,25)(H,22,24,26)/t2*12-,15+/m10/s1. The highest BCUT2D eigenvalue weighted by atomic mass is 19.1. The van der Waals surface area contributed by atoms with E-state index in [4.69, 9.17) is 11.5 Å². The maximum atomic E-state index is 13.0. The monoisotopic (exact) mass is 706 g/mol. The fourth-order valence-electron chi connectivity index (χ4n) is 6.26. The molecule has 2 aliphatic rings. The van der Waals surface area contributed by atoms with Crippen molar-refractivity contribution in [2.24, 2.45) is 11.8 Å². The topological polar surface area (TPSA) is 193 Å². The van der Waals surface area contributed by atoms with Crippen LogP contribution >= 0.6 is 0 Å². The summed E-state index contributed by atoms with van der Waals surface area (Å²) < 4.78 is 26.1. The molecule has 0 radical (unpaired) electrons. The summed E-state index contributed by atoms with van der Waals surface area (Å²) in [6, 6.07) is 11.3. The zero-order valence-electron chi connectivity index (χ0n) is 29.2. The number of aromatic amines is 2. The van der Waals surface area contributed by atoms with Crippen molar-refractivity contribution in [3.8, 4) is 22.3 Å². The Hall–Kier alpha value is -5.92. The van der Waals surface area contributed by atoms with E-state index in [1.807, 2.05) is 24.3 Å². The Morgan fingerprint density at radius 2 is 1.06 bits per heavy atom. The van der Waals surface area contributed by atoms with Gasteiger partial charge in [0, 0.05) is 57.1 Å². The second-order valence-corrected chi connectivity index (χ2v) is 14.1. The van der Waals surface area contributed by atoms with Crippen LogP contribution in [0.5, 0.6) is 0 Å². The number of pyridine rings is 2. The van der Waals surface area contributed by atoms with Crippen molar-refractivity contribution in [2.75, 3.05) is 22.1 Å². The summed E-state index contributed by atoms with van der Waals surface area (Å²) in [5, 5.41) is 23.0. The van der Waals surface area contributed by atoms with Gasteiger partial charge in [-0.2, -0.15) is 10.2 Å². The molecule has 2 aliphatic carbocycles. The Balaban J connectivity index is 0.000000162. The molecular weight excluding hydrogens is 666 g/mol. The lowest BCUT2D eigenvalue weighted by atomic mass is 9.97. The maximum absolute atomic E-state index is 13.0. The normalized spacial score (nSPS) is 19.1. The Morgan fingerprint density at radius 1 is 0.673 bits per heavy atom. The third-order valence-corrected chi connectivity index (χ3v) is 9.45.